The van der Waals surface area contributed by atoms with Gasteiger partial charge in [-0.05, 0) is 31.8 Å². The van der Waals surface area contributed by atoms with Crippen molar-refractivity contribution >= 4 is 12.4 Å². The predicted molar refractivity (Wildman–Crippen MR) is 72.7 cm³/mol. The molecule has 0 bridgehead atoms. The van der Waals surface area contributed by atoms with Crippen molar-refractivity contribution in [1.29, 1.82) is 0 Å². The molecule has 0 aromatic rings. The van der Waals surface area contributed by atoms with E-state index in [1.165, 1.54) is 0 Å². The summed E-state index contributed by atoms with van der Waals surface area (Å²) in [4.78, 5) is 8.18. The highest BCUT2D eigenvalue weighted by atomic mass is 14.7. The smallest absolute Gasteiger partial charge is 0.113 e. The maximum absolute atomic E-state index is 4.09. The van der Waals surface area contributed by atoms with E-state index >= 15 is 0 Å². The largest absolute Gasteiger partial charge is 0.252 e. The van der Waals surface area contributed by atoms with Gasteiger partial charge in [-0.3, -0.25) is 4.99 Å². The van der Waals surface area contributed by atoms with Gasteiger partial charge in [0.05, 0.1) is 0 Å². The van der Waals surface area contributed by atoms with Gasteiger partial charge in [0.25, 0.3) is 0 Å². The fourth-order valence-electron chi connectivity index (χ4n) is 0.808. The van der Waals surface area contributed by atoms with Crippen LogP contribution in [0.15, 0.2) is 58.8 Å². The van der Waals surface area contributed by atoms with Gasteiger partial charge in [0.1, 0.15) is 11.4 Å². The summed E-state index contributed by atoms with van der Waals surface area (Å²) in [7, 11) is 0. The molecular formula is C14H16N2. The molecule has 0 aromatic heterocycles. The zero-order chi connectivity index (χ0) is 12.2. The van der Waals surface area contributed by atoms with Crippen LogP contribution in [0.4, 0.5) is 0 Å². The second-order valence-electron chi connectivity index (χ2n) is 2.61. The second kappa shape index (κ2) is 9.42. The Morgan fingerprint density at radius 2 is 1.69 bits per heavy atom. The molecule has 0 spiro atoms. The number of nitrogens with zero attached hydrogens (tertiary/aromatic N) is 2. The third-order valence-corrected chi connectivity index (χ3v) is 1.46. The highest BCUT2D eigenvalue weighted by Gasteiger charge is 1.85. The van der Waals surface area contributed by atoms with Gasteiger partial charge in [-0.25, -0.2) is 4.99 Å². The van der Waals surface area contributed by atoms with Gasteiger partial charge in [-0.15, -0.1) is 0 Å². The highest BCUT2D eigenvalue weighted by Crippen LogP contribution is 1.98. The molecule has 0 rings (SSSR count). The van der Waals surface area contributed by atoms with E-state index in [2.05, 4.69) is 35.0 Å². The maximum Gasteiger partial charge on any atom is 0.113 e. The lowest BCUT2D eigenvalue weighted by Crippen LogP contribution is -1.76. The molecule has 0 amide bonds. The van der Waals surface area contributed by atoms with E-state index in [9.17, 15) is 0 Å². The first-order valence-electron chi connectivity index (χ1n) is 4.93. The van der Waals surface area contributed by atoms with Gasteiger partial charge in [0.15, 0.2) is 0 Å². The van der Waals surface area contributed by atoms with E-state index in [1.807, 2.05) is 19.9 Å². The van der Waals surface area contributed by atoms with Crippen molar-refractivity contribution in [2.24, 2.45) is 9.98 Å². The van der Waals surface area contributed by atoms with Crippen molar-refractivity contribution in [3.63, 3.8) is 0 Å². The summed E-state index contributed by atoms with van der Waals surface area (Å²) in [5, 5.41) is 0. The Morgan fingerprint density at radius 1 is 1.00 bits per heavy atom. The Bertz CT molecular complexity index is 410. The summed E-state index contributed by atoms with van der Waals surface area (Å²) in [5.74, 6) is 5.82. The summed E-state index contributed by atoms with van der Waals surface area (Å²) in [6.07, 6.45) is 10.1. The average molecular weight is 212 g/mol. The molecule has 0 aromatic carbocycles. The second-order valence-corrected chi connectivity index (χ2v) is 2.61. The molecule has 0 radical (unpaired) electrons. The van der Waals surface area contributed by atoms with Crippen LogP contribution < -0.4 is 0 Å². The number of allylic oxidation sites excluding steroid dienone is 6. The molecule has 0 unspecified atom stereocenters. The molecule has 82 valence electrons. The lowest BCUT2D eigenvalue weighted by molar-refractivity contribution is 1.42. The van der Waals surface area contributed by atoms with Crippen molar-refractivity contribution in [1.82, 2.24) is 0 Å². The van der Waals surface area contributed by atoms with Gasteiger partial charge >= 0.3 is 0 Å². The lowest BCUT2D eigenvalue weighted by Gasteiger charge is -1.88. The topological polar surface area (TPSA) is 24.7 Å². The first-order valence-corrected chi connectivity index (χ1v) is 4.93. The molecule has 0 fully saturated rings. The lowest BCUT2D eigenvalue weighted by atomic mass is 10.3. The minimum atomic E-state index is 0.658. The predicted octanol–water partition coefficient (Wildman–Crippen LogP) is 3.31. The van der Waals surface area contributed by atoms with E-state index in [0.29, 0.717) is 11.4 Å². The Morgan fingerprint density at radius 3 is 2.19 bits per heavy atom. The summed E-state index contributed by atoms with van der Waals surface area (Å²) in [6, 6.07) is 0. The number of aliphatic imine (C=N–C) groups is 2. The zero-order valence-electron chi connectivity index (χ0n) is 9.77. The van der Waals surface area contributed by atoms with Crippen molar-refractivity contribution in [3.8, 4) is 11.8 Å². The van der Waals surface area contributed by atoms with Crippen LogP contribution in [-0.4, -0.2) is 12.4 Å². The average Bonchev–Trinajstić information content (AvgIpc) is 2.30. The molecule has 2 nitrogen and oxygen atoms in total. The maximum atomic E-state index is 4.09. The van der Waals surface area contributed by atoms with E-state index in [1.54, 1.807) is 30.7 Å². The third kappa shape index (κ3) is 6.33. The molecular weight excluding hydrogens is 196 g/mol. The van der Waals surface area contributed by atoms with Gasteiger partial charge in [0, 0.05) is 12.4 Å². The molecule has 0 saturated carbocycles. The summed E-state index contributed by atoms with van der Waals surface area (Å²) >= 11 is 0. The van der Waals surface area contributed by atoms with Crippen LogP contribution in [-0.2, 0) is 0 Å². The highest BCUT2D eigenvalue weighted by molar-refractivity contribution is 5.72. The van der Waals surface area contributed by atoms with Gasteiger partial charge in [-0.2, -0.15) is 0 Å². The Hall–Kier alpha value is -2.14. The van der Waals surface area contributed by atoms with E-state index in [0.717, 1.165) is 0 Å². The van der Waals surface area contributed by atoms with Crippen LogP contribution in [0, 0.1) is 11.8 Å². The summed E-state index contributed by atoms with van der Waals surface area (Å²) in [5.41, 5.74) is 1.34. The number of hydrogen-bond donors (Lipinski definition) is 0. The van der Waals surface area contributed by atoms with Crippen molar-refractivity contribution in [3.05, 3.63) is 48.9 Å². The summed E-state index contributed by atoms with van der Waals surface area (Å²) < 4.78 is 0. The minimum absolute atomic E-state index is 0.658. The number of hydrogen-bond acceptors (Lipinski definition) is 2. The van der Waals surface area contributed by atoms with Crippen molar-refractivity contribution < 1.29 is 0 Å². The van der Waals surface area contributed by atoms with Gasteiger partial charge < -0.3 is 0 Å². The van der Waals surface area contributed by atoms with Crippen LogP contribution in [0.5, 0.6) is 0 Å². The molecule has 0 N–H and O–H groups in total. The molecule has 0 aliphatic rings. The molecule has 0 heterocycles. The van der Waals surface area contributed by atoms with E-state index < -0.39 is 0 Å². The Kier molecular flexibility index (Phi) is 8.16. The van der Waals surface area contributed by atoms with E-state index in [-0.39, 0.29) is 0 Å². The van der Waals surface area contributed by atoms with Crippen LogP contribution in [0.1, 0.15) is 13.8 Å². The van der Waals surface area contributed by atoms with Gasteiger partial charge in [0.2, 0.25) is 0 Å². The van der Waals surface area contributed by atoms with E-state index in [4.69, 9.17) is 0 Å². The minimum Gasteiger partial charge on any atom is -0.252 e. The van der Waals surface area contributed by atoms with Crippen molar-refractivity contribution in [2.45, 2.75) is 13.8 Å². The third-order valence-electron chi connectivity index (χ3n) is 1.46. The quantitative estimate of drug-likeness (QED) is 0.388. The molecule has 16 heavy (non-hydrogen) atoms. The van der Waals surface area contributed by atoms with Crippen LogP contribution >= 0.6 is 0 Å². The first kappa shape index (κ1) is 13.9. The summed E-state index contributed by atoms with van der Waals surface area (Å²) in [6.45, 7) is 10.9. The standard InChI is InChI=1S/C14H16N2/c1-5-9-14(15-8-4)11-10-13(7-3)16-12-6-2/h5-9,12H,1-2H2,3-4H3/b13-7-,14-9-,15-8?,16-12?. The Balaban J connectivity index is 4.92. The van der Waals surface area contributed by atoms with Crippen LogP contribution in [0.3, 0.4) is 0 Å². The van der Waals surface area contributed by atoms with Crippen LogP contribution in [0.2, 0.25) is 0 Å². The first-order chi connectivity index (χ1) is 7.78. The molecule has 0 saturated heterocycles. The fourth-order valence-corrected chi connectivity index (χ4v) is 0.808. The Labute approximate surface area is 97.5 Å². The van der Waals surface area contributed by atoms with Crippen molar-refractivity contribution in [2.75, 3.05) is 0 Å². The van der Waals surface area contributed by atoms with Gasteiger partial charge in [-0.1, -0.05) is 31.4 Å². The van der Waals surface area contributed by atoms with Crippen LogP contribution in [0.25, 0.3) is 0 Å². The monoisotopic (exact) mass is 212 g/mol. The fraction of sp³-hybridized carbons (Fsp3) is 0.143. The SMILES string of the molecule is C=CC=N/C(C#C/C(=C/C=C)N=CC)=C\C. The molecule has 2 heteroatoms. The zero-order valence-corrected chi connectivity index (χ0v) is 9.77. The molecule has 0 atom stereocenters. The molecule has 0 aliphatic carbocycles. The molecule has 0 aliphatic heterocycles. The normalized spacial score (nSPS) is 12.6. The number of rotatable bonds is 4.